The van der Waals surface area contributed by atoms with Gasteiger partial charge in [0.05, 0.1) is 21.8 Å². The summed E-state index contributed by atoms with van der Waals surface area (Å²) in [5, 5.41) is 4.91. The summed E-state index contributed by atoms with van der Waals surface area (Å²) in [5.41, 5.74) is 3.01. The number of carbonyl (C=O) groups excluding carboxylic acids is 2. The quantitative estimate of drug-likeness (QED) is 0.164. The van der Waals surface area contributed by atoms with Crippen LogP contribution in [0.25, 0.3) is 0 Å². The molecule has 0 saturated carbocycles. The number of halogens is 4. The van der Waals surface area contributed by atoms with Gasteiger partial charge in [0, 0.05) is 15.1 Å². The maximum Gasteiger partial charge on any atom is 0.345 e. The molecule has 3 aromatic carbocycles. The van der Waals surface area contributed by atoms with E-state index >= 15 is 0 Å². The van der Waals surface area contributed by atoms with Gasteiger partial charge in [-0.2, -0.15) is 5.10 Å². The van der Waals surface area contributed by atoms with Crippen LogP contribution in [0, 0.1) is 0 Å². The molecule has 0 aliphatic rings. The second-order valence-electron chi connectivity index (χ2n) is 6.21. The molecule has 0 saturated heterocycles. The van der Waals surface area contributed by atoms with Crippen LogP contribution in [0.4, 0.5) is 0 Å². The van der Waals surface area contributed by atoms with Crippen molar-refractivity contribution in [3.8, 4) is 11.5 Å². The third-order valence-electron chi connectivity index (χ3n) is 3.91. The van der Waals surface area contributed by atoms with Crippen molar-refractivity contribution in [1.82, 2.24) is 5.43 Å². The van der Waals surface area contributed by atoms with Crippen LogP contribution < -0.4 is 14.9 Å². The van der Waals surface area contributed by atoms with Crippen molar-refractivity contribution >= 4 is 68.8 Å². The minimum atomic E-state index is -0.621. The van der Waals surface area contributed by atoms with E-state index in [-0.39, 0.29) is 28.0 Å². The normalized spacial score (nSPS) is 10.8. The Morgan fingerprint density at radius 3 is 2.47 bits per heavy atom. The van der Waals surface area contributed by atoms with E-state index in [1.54, 1.807) is 54.6 Å². The number of carbonyl (C=O) groups is 2. The molecule has 0 aliphatic heterocycles. The van der Waals surface area contributed by atoms with Gasteiger partial charge in [-0.1, -0.05) is 62.9 Å². The lowest BCUT2D eigenvalue weighted by molar-refractivity contribution is -0.123. The van der Waals surface area contributed by atoms with Crippen molar-refractivity contribution in [3.63, 3.8) is 0 Å². The summed E-state index contributed by atoms with van der Waals surface area (Å²) in [5.74, 6) is -0.585. The van der Waals surface area contributed by atoms with Gasteiger partial charge in [0.2, 0.25) is 0 Å². The van der Waals surface area contributed by atoms with Gasteiger partial charge in [-0.05, 0) is 48.5 Å². The molecule has 10 heteroatoms. The number of hydrazone groups is 1. The fourth-order valence-electron chi connectivity index (χ4n) is 2.44. The summed E-state index contributed by atoms with van der Waals surface area (Å²) >= 11 is 21.2. The van der Waals surface area contributed by atoms with Gasteiger partial charge >= 0.3 is 5.97 Å². The summed E-state index contributed by atoms with van der Waals surface area (Å²) in [6.45, 7) is -0.314. The highest BCUT2D eigenvalue weighted by Crippen LogP contribution is 2.27. The average Bonchev–Trinajstić information content (AvgIpc) is 2.75. The number of ether oxygens (including phenoxy) is 2. The van der Waals surface area contributed by atoms with Gasteiger partial charge in [-0.3, -0.25) is 4.79 Å². The lowest BCUT2D eigenvalue weighted by atomic mass is 10.2. The number of nitrogens with one attached hydrogen (secondary N) is 1. The van der Waals surface area contributed by atoms with Gasteiger partial charge in [-0.25, -0.2) is 10.2 Å². The van der Waals surface area contributed by atoms with Gasteiger partial charge in [-0.15, -0.1) is 0 Å². The Balaban J connectivity index is 1.63. The molecule has 6 nitrogen and oxygen atoms in total. The zero-order chi connectivity index (χ0) is 23.1. The SMILES string of the molecule is O=C(COc1ccc(Cl)cc1Cl)N/N=C/c1cc(Br)ccc1OC(=O)c1ccccc1Cl. The zero-order valence-electron chi connectivity index (χ0n) is 16.2. The predicted molar refractivity (Wildman–Crippen MR) is 128 cm³/mol. The second-order valence-corrected chi connectivity index (χ2v) is 8.37. The van der Waals surface area contributed by atoms with Crippen LogP contribution in [0.5, 0.6) is 11.5 Å². The molecule has 0 heterocycles. The molecule has 0 aromatic heterocycles. The Morgan fingerprint density at radius 2 is 1.72 bits per heavy atom. The standard InChI is InChI=1S/C22H14BrCl3N2O4/c23-14-5-7-19(32-22(30)16-3-1-2-4-17(16)25)13(9-14)11-27-28-21(29)12-31-20-8-6-15(24)10-18(20)26/h1-11H,12H2,(H,28,29)/b27-11+. The van der Waals surface area contributed by atoms with Crippen LogP contribution in [0.15, 0.2) is 70.2 Å². The Bertz CT molecular complexity index is 1190. The highest BCUT2D eigenvalue weighted by atomic mass is 79.9. The fourth-order valence-corrected chi connectivity index (χ4v) is 3.49. The fraction of sp³-hybridized carbons (Fsp3) is 0.0455. The van der Waals surface area contributed by atoms with E-state index in [1.807, 2.05) is 0 Å². The molecular weight excluding hydrogens is 543 g/mol. The average molecular weight is 557 g/mol. The predicted octanol–water partition coefficient (Wildman–Crippen LogP) is 6.16. The monoisotopic (exact) mass is 554 g/mol. The Kier molecular flexibility index (Phi) is 8.53. The molecule has 0 aliphatic carbocycles. The number of nitrogens with zero attached hydrogens (tertiary/aromatic N) is 1. The van der Waals surface area contributed by atoms with E-state index in [9.17, 15) is 9.59 Å². The maximum atomic E-state index is 12.5. The minimum absolute atomic E-state index is 0.228. The van der Waals surface area contributed by atoms with E-state index in [0.717, 1.165) is 4.47 Å². The van der Waals surface area contributed by atoms with E-state index in [0.29, 0.717) is 16.3 Å². The highest BCUT2D eigenvalue weighted by Gasteiger charge is 2.14. The van der Waals surface area contributed by atoms with Crippen molar-refractivity contribution in [2.45, 2.75) is 0 Å². The van der Waals surface area contributed by atoms with Crippen LogP contribution in [0.3, 0.4) is 0 Å². The number of rotatable bonds is 7. The molecule has 32 heavy (non-hydrogen) atoms. The van der Waals surface area contributed by atoms with Gasteiger partial charge in [0.1, 0.15) is 11.5 Å². The van der Waals surface area contributed by atoms with E-state index in [4.69, 9.17) is 44.3 Å². The summed E-state index contributed by atoms with van der Waals surface area (Å²) in [6.07, 6.45) is 1.34. The third-order valence-corrected chi connectivity index (χ3v) is 5.27. The van der Waals surface area contributed by atoms with Gasteiger partial charge < -0.3 is 9.47 Å². The molecule has 0 spiro atoms. The Morgan fingerprint density at radius 1 is 0.969 bits per heavy atom. The summed E-state index contributed by atoms with van der Waals surface area (Å²) in [6, 6.07) is 16.2. The molecular formula is C22H14BrCl3N2O4. The summed E-state index contributed by atoms with van der Waals surface area (Å²) in [7, 11) is 0. The summed E-state index contributed by atoms with van der Waals surface area (Å²) < 4.78 is 11.5. The lowest BCUT2D eigenvalue weighted by Crippen LogP contribution is -2.24. The van der Waals surface area contributed by atoms with Crippen molar-refractivity contribution < 1.29 is 19.1 Å². The molecule has 3 aromatic rings. The molecule has 1 N–H and O–H groups in total. The smallest absolute Gasteiger partial charge is 0.345 e. The first-order valence-electron chi connectivity index (χ1n) is 8.99. The molecule has 3 rings (SSSR count). The van der Waals surface area contributed by atoms with E-state index in [1.165, 1.54) is 12.3 Å². The van der Waals surface area contributed by atoms with Crippen LogP contribution in [-0.2, 0) is 4.79 Å². The number of hydrogen-bond acceptors (Lipinski definition) is 5. The van der Waals surface area contributed by atoms with Gasteiger partial charge in [0.15, 0.2) is 6.61 Å². The number of benzene rings is 3. The lowest BCUT2D eigenvalue weighted by Gasteiger charge is -2.09. The topological polar surface area (TPSA) is 77.0 Å². The van der Waals surface area contributed by atoms with Crippen molar-refractivity contribution in [2.75, 3.05) is 6.61 Å². The number of hydrogen-bond donors (Lipinski definition) is 1. The molecule has 0 bridgehead atoms. The number of amides is 1. The van der Waals surface area contributed by atoms with E-state index < -0.39 is 11.9 Å². The molecule has 1 amide bonds. The molecule has 0 atom stereocenters. The van der Waals surface area contributed by atoms with Gasteiger partial charge in [0.25, 0.3) is 5.91 Å². The van der Waals surface area contributed by atoms with Crippen LogP contribution in [0.2, 0.25) is 15.1 Å². The Labute approximate surface area is 207 Å². The first kappa shape index (κ1) is 24.1. The van der Waals surface area contributed by atoms with Crippen LogP contribution >= 0.6 is 50.7 Å². The minimum Gasteiger partial charge on any atom is -0.482 e. The number of esters is 1. The first-order chi connectivity index (χ1) is 15.3. The van der Waals surface area contributed by atoms with E-state index in [2.05, 4.69) is 26.5 Å². The first-order valence-corrected chi connectivity index (χ1v) is 10.9. The molecule has 0 fully saturated rings. The van der Waals surface area contributed by atoms with Crippen molar-refractivity contribution in [2.24, 2.45) is 5.10 Å². The Hall–Kier alpha value is -2.58. The molecule has 164 valence electrons. The maximum absolute atomic E-state index is 12.5. The summed E-state index contributed by atoms with van der Waals surface area (Å²) in [4.78, 5) is 24.5. The van der Waals surface area contributed by atoms with Crippen LogP contribution in [-0.4, -0.2) is 24.7 Å². The largest absolute Gasteiger partial charge is 0.482 e. The molecule has 0 radical (unpaired) electrons. The second kappa shape index (κ2) is 11.3. The molecule has 0 unspecified atom stereocenters. The van der Waals surface area contributed by atoms with Crippen molar-refractivity contribution in [1.29, 1.82) is 0 Å². The van der Waals surface area contributed by atoms with Crippen molar-refractivity contribution in [3.05, 3.63) is 91.3 Å². The zero-order valence-corrected chi connectivity index (χ0v) is 20.0. The highest BCUT2D eigenvalue weighted by molar-refractivity contribution is 9.10. The third kappa shape index (κ3) is 6.71. The van der Waals surface area contributed by atoms with Crippen LogP contribution in [0.1, 0.15) is 15.9 Å².